The maximum atomic E-state index is 13.6. The van der Waals surface area contributed by atoms with Crippen LogP contribution in [-0.4, -0.2) is 23.8 Å². The molecule has 0 aliphatic carbocycles. The van der Waals surface area contributed by atoms with E-state index in [-0.39, 0.29) is 12.2 Å². The number of fused-ring (bicyclic) bond motifs is 2. The van der Waals surface area contributed by atoms with Gasteiger partial charge in [-0.25, -0.2) is 9.79 Å². The molecule has 1 aromatic heterocycles. The average molecular weight is 461 g/mol. The van der Waals surface area contributed by atoms with E-state index in [1.807, 2.05) is 55.5 Å². The summed E-state index contributed by atoms with van der Waals surface area (Å²) in [5, 5.41) is 0. The first-order valence-corrected chi connectivity index (χ1v) is 11.8. The van der Waals surface area contributed by atoms with Crippen LogP contribution >= 0.6 is 11.3 Å². The van der Waals surface area contributed by atoms with Gasteiger partial charge in [-0.05, 0) is 49.6 Å². The van der Waals surface area contributed by atoms with Crippen molar-refractivity contribution < 1.29 is 14.3 Å². The molecule has 2 aromatic carbocycles. The van der Waals surface area contributed by atoms with Gasteiger partial charge in [0.25, 0.3) is 5.56 Å². The van der Waals surface area contributed by atoms with Crippen molar-refractivity contribution in [3.8, 4) is 5.75 Å². The van der Waals surface area contributed by atoms with Crippen LogP contribution in [0.25, 0.3) is 6.08 Å². The highest BCUT2D eigenvalue weighted by molar-refractivity contribution is 7.07. The third-order valence-electron chi connectivity index (χ3n) is 5.93. The highest BCUT2D eigenvalue weighted by Crippen LogP contribution is 2.35. The Morgan fingerprint density at radius 1 is 1.24 bits per heavy atom. The Morgan fingerprint density at radius 3 is 2.79 bits per heavy atom. The van der Waals surface area contributed by atoms with Crippen molar-refractivity contribution in [1.29, 1.82) is 0 Å². The van der Waals surface area contributed by atoms with Gasteiger partial charge in [0, 0.05) is 6.42 Å². The number of hydrogen-bond donors (Lipinski definition) is 0. The Kier molecular flexibility index (Phi) is 5.50. The van der Waals surface area contributed by atoms with Gasteiger partial charge in [-0.1, -0.05) is 53.3 Å². The van der Waals surface area contributed by atoms with E-state index in [0.29, 0.717) is 27.2 Å². The SMILES string of the molecule is CCOC(=O)C1=C(C)N=c2s/c(=C\c3ccc(C)cc3)c(=O)n2C1c1ccc2c(c1)OCC2. The number of allylic oxidation sites excluding steroid dienone is 1. The minimum atomic E-state index is -0.630. The molecule has 7 heteroatoms. The van der Waals surface area contributed by atoms with Crippen LogP contribution in [0.1, 0.15) is 42.1 Å². The normalized spacial score (nSPS) is 17.3. The molecule has 33 heavy (non-hydrogen) atoms. The number of carbonyl (C=O) groups is 1. The molecule has 0 amide bonds. The summed E-state index contributed by atoms with van der Waals surface area (Å²) < 4.78 is 13.3. The smallest absolute Gasteiger partial charge is 0.338 e. The molecular formula is C26H24N2O4S. The van der Waals surface area contributed by atoms with Crippen LogP contribution in [-0.2, 0) is 16.0 Å². The van der Waals surface area contributed by atoms with E-state index in [4.69, 9.17) is 9.47 Å². The van der Waals surface area contributed by atoms with Gasteiger partial charge in [0.2, 0.25) is 0 Å². The van der Waals surface area contributed by atoms with Crippen LogP contribution in [0.2, 0.25) is 0 Å². The number of nitrogens with zero attached hydrogens (tertiary/aromatic N) is 2. The van der Waals surface area contributed by atoms with Gasteiger partial charge in [0.1, 0.15) is 5.75 Å². The summed E-state index contributed by atoms with van der Waals surface area (Å²) in [5.41, 5.74) is 4.78. The number of ether oxygens (including phenoxy) is 2. The summed E-state index contributed by atoms with van der Waals surface area (Å²) >= 11 is 1.33. The van der Waals surface area contributed by atoms with E-state index in [1.54, 1.807) is 18.4 Å². The van der Waals surface area contributed by atoms with E-state index in [9.17, 15) is 9.59 Å². The molecule has 0 spiro atoms. The summed E-state index contributed by atoms with van der Waals surface area (Å²) in [6.45, 7) is 6.46. The van der Waals surface area contributed by atoms with Crippen molar-refractivity contribution in [2.24, 2.45) is 4.99 Å². The van der Waals surface area contributed by atoms with Gasteiger partial charge in [-0.15, -0.1) is 0 Å². The molecule has 0 bridgehead atoms. The molecular weight excluding hydrogens is 436 g/mol. The zero-order valence-corrected chi connectivity index (χ0v) is 19.6. The zero-order chi connectivity index (χ0) is 23.1. The van der Waals surface area contributed by atoms with Gasteiger partial charge in [-0.2, -0.15) is 0 Å². The first-order valence-electron chi connectivity index (χ1n) is 11.0. The third-order valence-corrected chi connectivity index (χ3v) is 6.91. The molecule has 3 aromatic rings. The Hall–Kier alpha value is -3.45. The summed E-state index contributed by atoms with van der Waals surface area (Å²) in [6.07, 6.45) is 2.73. The molecule has 0 radical (unpaired) electrons. The van der Waals surface area contributed by atoms with Crippen molar-refractivity contribution >= 4 is 23.4 Å². The fourth-order valence-electron chi connectivity index (χ4n) is 4.27. The fourth-order valence-corrected chi connectivity index (χ4v) is 5.32. The number of aromatic nitrogens is 1. The lowest BCUT2D eigenvalue weighted by atomic mass is 9.94. The van der Waals surface area contributed by atoms with Gasteiger partial charge in [0.05, 0.1) is 35.1 Å². The maximum Gasteiger partial charge on any atom is 0.338 e. The lowest BCUT2D eigenvalue weighted by molar-refractivity contribution is -0.139. The van der Waals surface area contributed by atoms with Crippen LogP contribution in [0, 0.1) is 6.92 Å². The molecule has 2 aliphatic heterocycles. The highest BCUT2D eigenvalue weighted by Gasteiger charge is 2.34. The first kappa shape index (κ1) is 21.4. The molecule has 168 valence electrons. The number of esters is 1. The van der Waals surface area contributed by atoms with E-state index in [2.05, 4.69) is 4.99 Å². The Bertz CT molecular complexity index is 1460. The molecule has 6 nitrogen and oxygen atoms in total. The molecule has 0 saturated heterocycles. The number of benzene rings is 2. The van der Waals surface area contributed by atoms with Crippen LogP contribution in [0.4, 0.5) is 0 Å². The van der Waals surface area contributed by atoms with Crippen molar-refractivity contribution in [3.05, 3.63) is 95.7 Å². The van der Waals surface area contributed by atoms with Crippen LogP contribution in [0.5, 0.6) is 5.75 Å². The largest absolute Gasteiger partial charge is 0.493 e. The van der Waals surface area contributed by atoms with Crippen LogP contribution in [0.3, 0.4) is 0 Å². The van der Waals surface area contributed by atoms with E-state index >= 15 is 0 Å². The van der Waals surface area contributed by atoms with Crippen molar-refractivity contribution in [3.63, 3.8) is 0 Å². The number of thiazole rings is 1. The monoisotopic (exact) mass is 460 g/mol. The standard InChI is InChI=1S/C26H24N2O4S/c1-4-31-25(30)22-16(3)27-26-28(23(22)19-10-9-18-11-12-32-20(18)14-19)24(29)21(33-26)13-17-7-5-15(2)6-8-17/h5-10,13-14,23H,4,11-12H2,1-3H3/b21-13-. The van der Waals surface area contributed by atoms with Crippen molar-refractivity contribution in [1.82, 2.24) is 4.57 Å². The molecule has 0 fully saturated rings. The minimum Gasteiger partial charge on any atom is -0.493 e. The first-order chi connectivity index (χ1) is 16.0. The Labute approximate surface area is 195 Å². The summed E-state index contributed by atoms with van der Waals surface area (Å²) in [6, 6.07) is 13.3. The van der Waals surface area contributed by atoms with E-state index < -0.39 is 12.0 Å². The second-order valence-corrected chi connectivity index (χ2v) is 9.19. The van der Waals surface area contributed by atoms with Gasteiger partial charge in [-0.3, -0.25) is 9.36 Å². The van der Waals surface area contributed by atoms with Gasteiger partial charge >= 0.3 is 5.97 Å². The van der Waals surface area contributed by atoms with Crippen molar-refractivity contribution in [2.45, 2.75) is 33.2 Å². The van der Waals surface area contributed by atoms with Crippen molar-refractivity contribution in [2.75, 3.05) is 13.2 Å². The Morgan fingerprint density at radius 2 is 2.03 bits per heavy atom. The van der Waals surface area contributed by atoms with E-state index in [1.165, 1.54) is 11.3 Å². The van der Waals surface area contributed by atoms with Gasteiger partial charge in [0.15, 0.2) is 4.80 Å². The predicted octanol–water partition coefficient (Wildman–Crippen LogP) is 3.04. The molecule has 1 unspecified atom stereocenters. The average Bonchev–Trinajstić information content (AvgIpc) is 3.38. The summed E-state index contributed by atoms with van der Waals surface area (Å²) in [4.78, 5) is 31.8. The number of rotatable bonds is 4. The highest BCUT2D eigenvalue weighted by atomic mass is 32.1. The van der Waals surface area contributed by atoms with E-state index in [0.717, 1.165) is 34.4 Å². The molecule has 2 aliphatic rings. The Balaban J connectivity index is 1.72. The third kappa shape index (κ3) is 3.82. The zero-order valence-electron chi connectivity index (χ0n) is 18.8. The summed E-state index contributed by atoms with van der Waals surface area (Å²) in [5.74, 6) is 0.338. The molecule has 3 heterocycles. The number of aryl methyl sites for hydroxylation is 1. The van der Waals surface area contributed by atoms with Crippen LogP contribution in [0.15, 0.2) is 63.5 Å². The lowest BCUT2D eigenvalue weighted by Crippen LogP contribution is -2.39. The summed E-state index contributed by atoms with van der Waals surface area (Å²) in [7, 11) is 0. The van der Waals surface area contributed by atoms with Gasteiger partial charge < -0.3 is 9.47 Å². The van der Waals surface area contributed by atoms with Crippen LogP contribution < -0.4 is 19.6 Å². The molecule has 0 N–H and O–H groups in total. The second-order valence-electron chi connectivity index (χ2n) is 8.18. The topological polar surface area (TPSA) is 69.9 Å². The quantitative estimate of drug-likeness (QED) is 0.561. The molecule has 5 rings (SSSR count). The fraction of sp³-hybridized carbons (Fsp3) is 0.269. The minimum absolute atomic E-state index is 0.181. The number of hydrogen-bond acceptors (Lipinski definition) is 6. The maximum absolute atomic E-state index is 13.6. The lowest BCUT2D eigenvalue weighted by Gasteiger charge is -2.25. The molecule has 0 saturated carbocycles. The molecule has 1 atom stereocenters. The predicted molar refractivity (Wildman–Crippen MR) is 127 cm³/mol. The second kappa shape index (κ2) is 8.48. The number of carbonyl (C=O) groups excluding carboxylic acids is 1.